The van der Waals surface area contributed by atoms with E-state index >= 15 is 0 Å². The summed E-state index contributed by atoms with van der Waals surface area (Å²) in [5, 5.41) is 9.21. The average Bonchev–Trinajstić information content (AvgIpc) is 2.73. The first-order chi connectivity index (χ1) is 12.8. The Labute approximate surface area is 152 Å². The first-order valence-electron chi connectivity index (χ1n) is 8.38. The van der Waals surface area contributed by atoms with E-state index in [0.29, 0.717) is 11.3 Å². The van der Waals surface area contributed by atoms with Gasteiger partial charge in [-0.05, 0) is 29.8 Å². The fourth-order valence-corrected chi connectivity index (χ4v) is 3.32. The average molecular weight is 339 g/mol. The van der Waals surface area contributed by atoms with Gasteiger partial charge in [-0.25, -0.2) is 0 Å². The molecule has 3 nitrogen and oxygen atoms in total. The normalized spacial score (nSPS) is 18.2. The van der Waals surface area contributed by atoms with Crippen LogP contribution < -0.4 is 4.74 Å². The van der Waals surface area contributed by atoms with Crippen LogP contribution in [0.1, 0.15) is 22.3 Å². The molecule has 1 aliphatic heterocycles. The Morgan fingerprint density at radius 2 is 1.62 bits per heavy atom. The maximum Gasteiger partial charge on any atom is 0.264 e. The van der Waals surface area contributed by atoms with E-state index < -0.39 is 5.79 Å². The molecule has 1 unspecified atom stereocenters. The third-order valence-corrected chi connectivity index (χ3v) is 4.57. The molecule has 0 saturated carbocycles. The molecule has 0 fully saturated rings. The van der Waals surface area contributed by atoms with Crippen LogP contribution in [0, 0.1) is 11.3 Å². The molecule has 3 aromatic carbocycles. The van der Waals surface area contributed by atoms with Crippen LogP contribution in [0.15, 0.2) is 78.9 Å². The molecule has 0 bridgehead atoms. The minimum Gasteiger partial charge on any atom is -0.453 e. The highest BCUT2D eigenvalue weighted by Crippen LogP contribution is 2.47. The number of nitrogens with zero attached hydrogens (tertiary/aromatic N) is 1. The largest absolute Gasteiger partial charge is 0.453 e. The molecule has 1 aliphatic rings. The lowest BCUT2D eigenvalue weighted by Crippen LogP contribution is -2.38. The van der Waals surface area contributed by atoms with Crippen LogP contribution in [0.3, 0.4) is 0 Å². The first-order valence-corrected chi connectivity index (χ1v) is 8.38. The van der Waals surface area contributed by atoms with Gasteiger partial charge < -0.3 is 9.47 Å². The highest BCUT2D eigenvalue weighted by atomic mass is 16.7. The molecule has 0 spiro atoms. The maximum absolute atomic E-state index is 9.21. The third kappa shape index (κ3) is 2.57. The van der Waals surface area contributed by atoms with Gasteiger partial charge in [0.05, 0.1) is 11.6 Å². The predicted octanol–water partition coefficient (Wildman–Crippen LogP) is 4.99. The number of methoxy groups -OCH3 is 1. The Hall–Kier alpha value is -3.35. The Bertz CT molecular complexity index is 1000. The zero-order chi connectivity index (χ0) is 18.0. The van der Waals surface area contributed by atoms with Gasteiger partial charge in [0, 0.05) is 23.8 Å². The Balaban J connectivity index is 1.98. The van der Waals surface area contributed by atoms with E-state index in [4.69, 9.17) is 9.47 Å². The molecule has 0 aromatic heterocycles. The van der Waals surface area contributed by atoms with E-state index in [-0.39, 0.29) is 0 Å². The minimum absolute atomic E-state index is 0.598. The highest BCUT2D eigenvalue weighted by molar-refractivity contribution is 5.89. The zero-order valence-electron chi connectivity index (χ0n) is 14.3. The molecule has 26 heavy (non-hydrogen) atoms. The maximum atomic E-state index is 9.21. The quantitative estimate of drug-likeness (QED) is 0.675. The number of hydrogen-bond acceptors (Lipinski definition) is 3. The second kappa shape index (κ2) is 6.51. The molecule has 126 valence electrons. The van der Waals surface area contributed by atoms with Crippen molar-refractivity contribution in [3.8, 4) is 11.8 Å². The van der Waals surface area contributed by atoms with Gasteiger partial charge in [0.2, 0.25) is 0 Å². The van der Waals surface area contributed by atoms with E-state index in [1.165, 1.54) is 0 Å². The first kappa shape index (κ1) is 16.1. The molecule has 1 atom stereocenters. The summed E-state index contributed by atoms with van der Waals surface area (Å²) in [6.07, 6.45) is 2.05. The molecular weight excluding hydrogens is 322 g/mol. The number of hydrogen-bond donors (Lipinski definition) is 0. The van der Waals surface area contributed by atoms with E-state index in [0.717, 1.165) is 22.3 Å². The summed E-state index contributed by atoms with van der Waals surface area (Å²) >= 11 is 0. The topological polar surface area (TPSA) is 42.2 Å². The summed E-state index contributed by atoms with van der Waals surface area (Å²) in [7, 11) is 1.65. The van der Waals surface area contributed by atoms with Crippen LogP contribution in [-0.2, 0) is 10.5 Å². The van der Waals surface area contributed by atoms with Crippen LogP contribution in [0.2, 0.25) is 0 Å². The lowest BCUT2D eigenvalue weighted by molar-refractivity contribution is -0.123. The molecule has 3 heteroatoms. The van der Waals surface area contributed by atoms with Crippen molar-refractivity contribution in [2.75, 3.05) is 7.11 Å². The number of rotatable bonds is 3. The summed E-state index contributed by atoms with van der Waals surface area (Å²) in [4.78, 5) is 0. The van der Waals surface area contributed by atoms with Gasteiger partial charge in [-0.2, -0.15) is 5.26 Å². The van der Waals surface area contributed by atoms with Crippen molar-refractivity contribution < 1.29 is 9.47 Å². The van der Waals surface area contributed by atoms with Crippen molar-refractivity contribution in [2.45, 2.75) is 5.79 Å². The lowest BCUT2D eigenvalue weighted by atomic mass is 9.87. The number of fused-ring (bicyclic) bond motifs is 1. The van der Waals surface area contributed by atoms with E-state index in [1.807, 2.05) is 78.9 Å². The molecule has 0 radical (unpaired) electrons. The number of ether oxygens (including phenoxy) is 2. The smallest absolute Gasteiger partial charge is 0.264 e. The molecule has 0 saturated heterocycles. The second-order valence-corrected chi connectivity index (χ2v) is 6.08. The van der Waals surface area contributed by atoms with Crippen molar-refractivity contribution in [3.63, 3.8) is 0 Å². The summed E-state index contributed by atoms with van der Waals surface area (Å²) in [5.74, 6) is -0.363. The molecular formula is C23H17NO2. The number of nitriles is 1. The summed E-state index contributed by atoms with van der Waals surface area (Å²) in [5.41, 5.74) is 4.28. The van der Waals surface area contributed by atoms with E-state index in [2.05, 4.69) is 6.07 Å². The highest BCUT2D eigenvalue weighted by Gasteiger charge is 2.42. The monoisotopic (exact) mass is 339 g/mol. The third-order valence-electron chi connectivity index (χ3n) is 4.57. The second-order valence-electron chi connectivity index (χ2n) is 6.08. The minimum atomic E-state index is -1.05. The molecule has 0 aliphatic carbocycles. The lowest BCUT2D eigenvalue weighted by Gasteiger charge is -2.39. The van der Waals surface area contributed by atoms with Crippen molar-refractivity contribution in [2.24, 2.45) is 0 Å². The van der Waals surface area contributed by atoms with E-state index in [9.17, 15) is 5.26 Å². The molecule has 1 heterocycles. The Kier molecular flexibility index (Phi) is 4.04. The van der Waals surface area contributed by atoms with E-state index in [1.54, 1.807) is 13.2 Å². The fourth-order valence-electron chi connectivity index (χ4n) is 3.32. The summed E-state index contributed by atoms with van der Waals surface area (Å²) in [6.45, 7) is 0. The Morgan fingerprint density at radius 1 is 0.923 bits per heavy atom. The summed E-state index contributed by atoms with van der Waals surface area (Å²) < 4.78 is 12.4. The fraction of sp³-hybridized carbons (Fsp3) is 0.0870. The van der Waals surface area contributed by atoms with Gasteiger partial charge in [0.25, 0.3) is 5.79 Å². The van der Waals surface area contributed by atoms with Crippen molar-refractivity contribution in [1.82, 2.24) is 0 Å². The van der Waals surface area contributed by atoms with Crippen molar-refractivity contribution >= 4 is 11.6 Å². The van der Waals surface area contributed by atoms with Gasteiger partial charge in [-0.15, -0.1) is 0 Å². The van der Waals surface area contributed by atoms with Crippen LogP contribution in [0.25, 0.3) is 11.6 Å². The van der Waals surface area contributed by atoms with Crippen molar-refractivity contribution in [3.05, 3.63) is 101 Å². The Morgan fingerprint density at radius 3 is 2.27 bits per heavy atom. The summed E-state index contributed by atoms with van der Waals surface area (Å²) in [6, 6.07) is 27.5. The van der Waals surface area contributed by atoms with Crippen LogP contribution in [0.4, 0.5) is 0 Å². The van der Waals surface area contributed by atoms with Crippen LogP contribution >= 0.6 is 0 Å². The molecule has 3 aromatic rings. The van der Waals surface area contributed by atoms with Crippen LogP contribution in [-0.4, -0.2) is 7.11 Å². The predicted molar refractivity (Wildman–Crippen MR) is 101 cm³/mol. The van der Waals surface area contributed by atoms with Gasteiger partial charge >= 0.3 is 0 Å². The van der Waals surface area contributed by atoms with Crippen molar-refractivity contribution in [1.29, 1.82) is 5.26 Å². The molecule has 0 N–H and O–H groups in total. The van der Waals surface area contributed by atoms with Crippen LogP contribution in [0.5, 0.6) is 5.75 Å². The van der Waals surface area contributed by atoms with Gasteiger partial charge in [0.15, 0.2) is 0 Å². The SMILES string of the molecule is COC1(c2ccccc2)Oc2ccc(C#N)cc2C=C1c1ccccc1. The van der Waals surface area contributed by atoms with Gasteiger partial charge in [0.1, 0.15) is 5.75 Å². The standard InChI is InChI=1S/C23H17NO2/c1-25-23(20-10-6-3-7-11-20)21(18-8-4-2-5-9-18)15-19-14-17(16-24)12-13-22(19)26-23/h2-15H,1H3. The number of benzene rings is 3. The zero-order valence-corrected chi connectivity index (χ0v) is 14.3. The molecule has 0 amide bonds. The van der Waals surface area contributed by atoms with Gasteiger partial charge in [-0.3, -0.25) is 0 Å². The van der Waals surface area contributed by atoms with Gasteiger partial charge in [-0.1, -0.05) is 60.7 Å². The molecule has 4 rings (SSSR count).